The minimum Gasteiger partial charge on any atom is -0.493 e. The molecule has 0 fully saturated rings. The van der Waals surface area contributed by atoms with E-state index in [2.05, 4.69) is 15.1 Å². The Morgan fingerprint density at radius 1 is 0.971 bits per heavy atom. The van der Waals surface area contributed by atoms with Gasteiger partial charge in [-0.2, -0.15) is 4.98 Å². The van der Waals surface area contributed by atoms with E-state index in [9.17, 15) is 9.59 Å². The van der Waals surface area contributed by atoms with Crippen LogP contribution in [-0.4, -0.2) is 33.4 Å². The molecule has 0 amide bonds. The van der Waals surface area contributed by atoms with Crippen LogP contribution in [0.15, 0.2) is 80.8 Å². The highest BCUT2D eigenvalue weighted by atomic mass is 16.5. The SMILES string of the molecule is CCOc1ccc(-c2noc(-c3ccc4c(=O)n(Cc5ccccc5)c(=O)[nH]c4c3)n2)cc1OC. The van der Waals surface area contributed by atoms with E-state index in [-0.39, 0.29) is 18.0 Å². The van der Waals surface area contributed by atoms with E-state index >= 15 is 0 Å². The van der Waals surface area contributed by atoms with Crippen molar-refractivity contribution in [3.8, 4) is 34.3 Å². The minimum absolute atomic E-state index is 0.186. The Morgan fingerprint density at radius 2 is 1.77 bits per heavy atom. The molecule has 0 saturated carbocycles. The van der Waals surface area contributed by atoms with E-state index in [1.165, 1.54) is 4.57 Å². The topological polar surface area (TPSA) is 112 Å². The first-order valence-corrected chi connectivity index (χ1v) is 11.0. The third kappa shape index (κ3) is 4.31. The Morgan fingerprint density at radius 3 is 2.54 bits per heavy atom. The molecule has 35 heavy (non-hydrogen) atoms. The fourth-order valence-corrected chi connectivity index (χ4v) is 3.84. The van der Waals surface area contributed by atoms with Gasteiger partial charge in [-0.1, -0.05) is 35.5 Å². The molecule has 9 nitrogen and oxygen atoms in total. The highest BCUT2D eigenvalue weighted by molar-refractivity contribution is 5.82. The van der Waals surface area contributed by atoms with Crippen LogP contribution in [0.25, 0.3) is 33.7 Å². The molecule has 0 aliphatic heterocycles. The van der Waals surface area contributed by atoms with Crippen molar-refractivity contribution < 1.29 is 14.0 Å². The van der Waals surface area contributed by atoms with Gasteiger partial charge in [-0.25, -0.2) is 4.79 Å². The predicted molar refractivity (Wildman–Crippen MR) is 131 cm³/mol. The minimum atomic E-state index is -0.490. The van der Waals surface area contributed by atoms with Crippen LogP contribution in [0.3, 0.4) is 0 Å². The van der Waals surface area contributed by atoms with Gasteiger partial charge >= 0.3 is 5.69 Å². The number of aromatic amines is 1. The summed E-state index contributed by atoms with van der Waals surface area (Å²) in [7, 11) is 1.56. The molecule has 0 aliphatic rings. The van der Waals surface area contributed by atoms with Gasteiger partial charge in [0, 0.05) is 11.1 Å². The normalized spacial score (nSPS) is 11.0. The van der Waals surface area contributed by atoms with Gasteiger partial charge in [0.25, 0.3) is 11.4 Å². The molecular formula is C26H22N4O5. The van der Waals surface area contributed by atoms with Crippen molar-refractivity contribution in [2.75, 3.05) is 13.7 Å². The Kier molecular flexibility index (Phi) is 5.88. The number of rotatable bonds is 7. The summed E-state index contributed by atoms with van der Waals surface area (Å²) in [5.41, 5.74) is 1.66. The molecule has 0 unspecified atom stereocenters. The van der Waals surface area contributed by atoms with Gasteiger partial charge in [-0.15, -0.1) is 0 Å². The number of fused-ring (bicyclic) bond motifs is 1. The molecule has 5 aromatic rings. The molecule has 0 bridgehead atoms. The summed E-state index contributed by atoms with van der Waals surface area (Å²) in [6.07, 6.45) is 0. The summed E-state index contributed by atoms with van der Waals surface area (Å²) in [5, 5.41) is 4.46. The number of aromatic nitrogens is 4. The molecule has 5 rings (SSSR count). The highest BCUT2D eigenvalue weighted by Crippen LogP contribution is 2.32. The lowest BCUT2D eigenvalue weighted by Crippen LogP contribution is -2.35. The van der Waals surface area contributed by atoms with Crippen molar-refractivity contribution in [2.24, 2.45) is 0 Å². The summed E-state index contributed by atoms with van der Waals surface area (Å²) in [5.74, 6) is 1.81. The second kappa shape index (κ2) is 9.30. The average Bonchev–Trinajstić information content (AvgIpc) is 3.38. The molecule has 0 spiro atoms. The third-order valence-corrected chi connectivity index (χ3v) is 5.56. The van der Waals surface area contributed by atoms with Gasteiger partial charge in [-0.3, -0.25) is 9.36 Å². The Bertz CT molecular complexity index is 1620. The summed E-state index contributed by atoms with van der Waals surface area (Å²) in [6, 6.07) is 19.7. The summed E-state index contributed by atoms with van der Waals surface area (Å²) in [4.78, 5) is 32.9. The van der Waals surface area contributed by atoms with Crippen molar-refractivity contribution in [1.82, 2.24) is 19.7 Å². The van der Waals surface area contributed by atoms with Crippen LogP contribution in [0.1, 0.15) is 12.5 Å². The fraction of sp³-hybridized carbons (Fsp3) is 0.154. The van der Waals surface area contributed by atoms with Crippen LogP contribution in [0.4, 0.5) is 0 Å². The number of ether oxygens (including phenoxy) is 2. The van der Waals surface area contributed by atoms with Crippen LogP contribution in [-0.2, 0) is 6.54 Å². The first kappa shape index (κ1) is 22.1. The Hall–Kier alpha value is -4.66. The number of nitrogens with zero attached hydrogens (tertiary/aromatic N) is 3. The average molecular weight is 470 g/mol. The van der Waals surface area contributed by atoms with Gasteiger partial charge in [0.05, 0.1) is 31.2 Å². The lowest BCUT2D eigenvalue weighted by molar-refractivity contribution is 0.311. The Balaban J connectivity index is 1.48. The number of benzene rings is 3. The maximum Gasteiger partial charge on any atom is 0.329 e. The van der Waals surface area contributed by atoms with Crippen LogP contribution in [0.5, 0.6) is 11.5 Å². The van der Waals surface area contributed by atoms with Crippen molar-refractivity contribution >= 4 is 10.9 Å². The molecule has 3 aromatic carbocycles. The van der Waals surface area contributed by atoms with Gasteiger partial charge in [0.1, 0.15) is 0 Å². The van der Waals surface area contributed by atoms with Crippen molar-refractivity contribution in [1.29, 1.82) is 0 Å². The number of methoxy groups -OCH3 is 1. The largest absolute Gasteiger partial charge is 0.493 e. The molecule has 2 heterocycles. The predicted octanol–water partition coefficient (Wildman–Crippen LogP) is 3.86. The maximum absolute atomic E-state index is 13.0. The van der Waals surface area contributed by atoms with Crippen molar-refractivity contribution in [2.45, 2.75) is 13.5 Å². The van der Waals surface area contributed by atoms with Crippen LogP contribution in [0.2, 0.25) is 0 Å². The first-order valence-electron chi connectivity index (χ1n) is 11.0. The molecular weight excluding hydrogens is 448 g/mol. The summed E-state index contributed by atoms with van der Waals surface area (Å²) < 4.78 is 17.6. The van der Waals surface area contributed by atoms with E-state index in [4.69, 9.17) is 14.0 Å². The zero-order valence-corrected chi connectivity index (χ0v) is 19.1. The lowest BCUT2D eigenvalue weighted by atomic mass is 10.1. The van der Waals surface area contributed by atoms with Gasteiger partial charge in [0.2, 0.25) is 5.82 Å². The highest BCUT2D eigenvalue weighted by Gasteiger charge is 2.15. The van der Waals surface area contributed by atoms with Crippen LogP contribution < -0.4 is 20.7 Å². The molecule has 176 valence electrons. The standard InChI is InChI=1S/C26H22N4O5/c1-3-34-21-12-10-17(14-22(21)33-2)23-28-24(35-29-23)18-9-11-19-20(13-18)27-26(32)30(25(19)31)15-16-7-5-4-6-8-16/h4-14H,3,15H2,1-2H3,(H,27,32). The quantitative estimate of drug-likeness (QED) is 0.384. The van der Waals surface area contributed by atoms with Crippen LogP contribution in [0, 0.1) is 0 Å². The van der Waals surface area contributed by atoms with Gasteiger partial charge < -0.3 is 19.0 Å². The zero-order valence-electron chi connectivity index (χ0n) is 19.1. The smallest absolute Gasteiger partial charge is 0.329 e. The van der Waals surface area contributed by atoms with E-state index < -0.39 is 5.69 Å². The maximum atomic E-state index is 13.0. The number of hydrogen-bond donors (Lipinski definition) is 1. The van der Waals surface area contributed by atoms with Crippen molar-refractivity contribution in [3.05, 3.63) is 93.1 Å². The molecule has 0 saturated heterocycles. The van der Waals surface area contributed by atoms with Gasteiger partial charge in [0.15, 0.2) is 11.5 Å². The van der Waals surface area contributed by atoms with Crippen LogP contribution >= 0.6 is 0 Å². The number of H-pyrrole nitrogens is 1. The number of nitrogens with one attached hydrogen (secondary N) is 1. The van der Waals surface area contributed by atoms with Crippen molar-refractivity contribution in [3.63, 3.8) is 0 Å². The third-order valence-electron chi connectivity index (χ3n) is 5.56. The molecule has 0 aliphatic carbocycles. The fourth-order valence-electron chi connectivity index (χ4n) is 3.84. The van der Waals surface area contributed by atoms with E-state index in [0.717, 1.165) is 5.56 Å². The monoisotopic (exact) mass is 470 g/mol. The zero-order chi connectivity index (χ0) is 24.4. The molecule has 1 N–H and O–H groups in total. The van der Waals surface area contributed by atoms with E-state index in [1.807, 2.05) is 43.3 Å². The number of hydrogen-bond acceptors (Lipinski definition) is 7. The summed E-state index contributed by atoms with van der Waals surface area (Å²) >= 11 is 0. The molecule has 0 atom stereocenters. The lowest BCUT2D eigenvalue weighted by Gasteiger charge is -2.09. The second-order valence-corrected chi connectivity index (χ2v) is 7.79. The molecule has 0 radical (unpaired) electrons. The second-order valence-electron chi connectivity index (χ2n) is 7.79. The summed E-state index contributed by atoms with van der Waals surface area (Å²) in [6.45, 7) is 2.60. The Labute approximate surface area is 199 Å². The molecule has 9 heteroatoms. The van der Waals surface area contributed by atoms with E-state index in [1.54, 1.807) is 37.4 Å². The molecule has 2 aromatic heterocycles. The van der Waals surface area contributed by atoms with E-state index in [0.29, 0.717) is 46.0 Å². The first-order chi connectivity index (χ1) is 17.1. The van der Waals surface area contributed by atoms with Gasteiger partial charge in [-0.05, 0) is 48.9 Å².